The van der Waals surface area contributed by atoms with E-state index in [0.29, 0.717) is 11.9 Å². The molecular weight excluding hydrogens is 218 g/mol. The smallest absolute Gasteiger partial charge is 0.246 e. The van der Waals surface area contributed by atoms with Crippen molar-refractivity contribution in [1.29, 1.82) is 0 Å². The van der Waals surface area contributed by atoms with Crippen molar-refractivity contribution >= 4 is 0 Å². The molecule has 92 valence electrons. The van der Waals surface area contributed by atoms with E-state index in [-0.39, 0.29) is 5.54 Å². The van der Waals surface area contributed by atoms with Crippen molar-refractivity contribution in [3.63, 3.8) is 0 Å². The van der Waals surface area contributed by atoms with Gasteiger partial charge in [-0.15, -0.1) is 0 Å². The van der Waals surface area contributed by atoms with Crippen LogP contribution in [-0.2, 0) is 5.54 Å². The highest BCUT2D eigenvalue weighted by Gasteiger charge is 2.46. The fourth-order valence-corrected chi connectivity index (χ4v) is 2.78. The van der Waals surface area contributed by atoms with Crippen molar-refractivity contribution in [3.05, 3.63) is 11.7 Å². The summed E-state index contributed by atoms with van der Waals surface area (Å²) in [5, 5.41) is 4.13. The molecule has 1 aromatic rings. The molecule has 3 aliphatic heterocycles. The first kappa shape index (κ1) is 9.99. The van der Waals surface area contributed by atoms with Crippen molar-refractivity contribution in [1.82, 2.24) is 19.9 Å². The Morgan fingerprint density at radius 2 is 2.00 bits per heavy atom. The summed E-state index contributed by atoms with van der Waals surface area (Å²) in [6.07, 6.45) is 1.93. The molecule has 1 atom stereocenters. The molecular formula is C11H17N5O. The molecule has 1 aliphatic carbocycles. The molecule has 1 saturated carbocycles. The lowest BCUT2D eigenvalue weighted by Crippen LogP contribution is -2.57. The van der Waals surface area contributed by atoms with Gasteiger partial charge in [-0.1, -0.05) is 5.16 Å². The Hall–Kier alpha value is -0.980. The summed E-state index contributed by atoms with van der Waals surface area (Å²) < 4.78 is 5.32. The van der Waals surface area contributed by atoms with Crippen molar-refractivity contribution in [3.8, 4) is 0 Å². The summed E-state index contributed by atoms with van der Waals surface area (Å²) in [5.41, 5.74) is 5.76. The number of fused-ring (bicyclic) bond motifs is 3. The fourth-order valence-electron chi connectivity index (χ4n) is 2.78. The van der Waals surface area contributed by atoms with Gasteiger partial charge < -0.3 is 10.3 Å². The van der Waals surface area contributed by atoms with Crippen LogP contribution in [0, 0.1) is 0 Å². The molecule has 4 heterocycles. The minimum atomic E-state index is -0.311. The summed E-state index contributed by atoms with van der Waals surface area (Å²) in [7, 11) is 0. The minimum Gasteiger partial charge on any atom is -0.337 e. The van der Waals surface area contributed by atoms with Gasteiger partial charge in [0.25, 0.3) is 0 Å². The molecule has 2 N–H and O–H groups in total. The maximum atomic E-state index is 6.07. The number of nitrogens with two attached hydrogens (primary N) is 1. The Kier molecular flexibility index (Phi) is 1.93. The second kappa shape index (κ2) is 3.28. The highest BCUT2D eigenvalue weighted by atomic mass is 16.5. The molecule has 0 amide bonds. The van der Waals surface area contributed by atoms with Crippen LogP contribution in [-0.4, -0.2) is 52.7 Å². The van der Waals surface area contributed by atoms with E-state index in [1.54, 1.807) is 0 Å². The zero-order chi connectivity index (χ0) is 11.5. The van der Waals surface area contributed by atoms with Gasteiger partial charge in [-0.25, -0.2) is 0 Å². The molecule has 5 rings (SSSR count). The first-order valence-electron chi connectivity index (χ1n) is 6.34. The molecule has 0 aromatic carbocycles. The SMILES string of the molecule is NC1(c2nc(C3CN4CCN3CC4)no2)CC1. The highest BCUT2D eigenvalue weighted by molar-refractivity contribution is 5.13. The Morgan fingerprint density at radius 3 is 2.59 bits per heavy atom. The van der Waals surface area contributed by atoms with Crippen LogP contribution in [0.2, 0.25) is 0 Å². The lowest BCUT2D eigenvalue weighted by atomic mass is 10.1. The van der Waals surface area contributed by atoms with E-state index in [4.69, 9.17) is 10.3 Å². The first-order chi connectivity index (χ1) is 8.24. The molecule has 0 radical (unpaired) electrons. The molecule has 17 heavy (non-hydrogen) atoms. The van der Waals surface area contributed by atoms with Crippen LogP contribution in [0.3, 0.4) is 0 Å². The van der Waals surface area contributed by atoms with Gasteiger partial charge in [0.15, 0.2) is 5.82 Å². The number of piperazine rings is 3. The van der Waals surface area contributed by atoms with Crippen LogP contribution in [0.25, 0.3) is 0 Å². The minimum absolute atomic E-state index is 0.303. The maximum Gasteiger partial charge on any atom is 0.246 e. The lowest BCUT2D eigenvalue weighted by Gasteiger charge is -2.46. The third-order valence-electron chi connectivity index (χ3n) is 4.23. The number of nitrogens with zero attached hydrogens (tertiary/aromatic N) is 4. The Morgan fingerprint density at radius 1 is 1.24 bits per heavy atom. The van der Waals surface area contributed by atoms with Gasteiger partial charge in [0.05, 0.1) is 11.6 Å². The van der Waals surface area contributed by atoms with Crippen molar-refractivity contribution in [2.24, 2.45) is 5.73 Å². The van der Waals surface area contributed by atoms with Gasteiger partial charge in [-0.3, -0.25) is 9.80 Å². The summed E-state index contributed by atoms with van der Waals surface area (Å²) >= 11 is 0. The van der Waals surface area contributed by atoms with E-state index < -0.39 is 0 Å². The Balaban J connectivity index is 1.60. The lowest BCUT2D eigenvalue weighted by molar-refractivity contribution is 0.00781. The number of hydrogen-bond acceptors (Lipinski definition) is 6. The third kappa shape index (κ3) is 1.51. The number of aromatic nitrogens is 2. The van der Waals surface area contributed by atoms with Crippen LogP contribution < -0.4 is 5.73 Å². The van der Waals surface area contributed by atoms with E-state index >= 15 is 0 Å². The predicted octanol–water partition coefficient (Wildman–Crippen LogP) is -0.310. The van der Waals surface area contributed by atoms with Crippen molar-refractivity contribution in [2.45, 2.75) is 24.4 Å². The molecule has 4 fully saturated rings. The van der Waals surface area contributed by atoms with E-state index in [1.807, 2.05) is 0 Å². The molecule has 2 bridgehead atoms. The van der Waals surface area contributed by atoms with Gasteiger partial charge in [0.1, 0.15) is 0 Å². The van der Waals surface area contributed by atoms with Crippen LogP contribution in [0.1, 0.15) is 30.6 Å². The second-order valence-corrected chi connectivity index (χ2v) is 5.47. The van der Waals surface area contributed by atoms with E-state index in [9.17, 15) is 0 Å². The molecule has 4 aliphatic rings. The summed E-state index contributed by atoms with van der Waals surface area (Å²) in [6.45, 7) is 5.59. The zero-order valence-corrected chi connectivity index (χ0v) is 9.80. The van der Waals surface area contributed by atoms with Crippen LogP contribution >= 0.6 is 0 Å². The maximum absolute atomic E-state index is 6.07. The average molecular weight is 235 g/mol. The molecule has 0 spiro atoms. The van der Waals surface area contributed by atoms with E-state index in [2.05, 4.69) is 19.9 Å². The number of hydrogen-bond donors (Lipinski definition) is 1. The summed E-state index contributed by atoms with van der Waals surface area (Å²) in [4.78, 5) is 9.43. The zero-order valence-electron chi connectivity index (χ0n) is 9.80. The van der Waals surface area contributed by atoms with Gasteiger partial charge in [0.2, 0.25) is 5.89 Å². The molecule has 6 heteroatoms. The standard InChI is InChI=1S/C11H17N5O/c12-11(1-2-11)10-13-9(14-17-10)8-7-15-3-5-16(8)6-4-15/h8H,1-7,12H2. The molecule has 1 unspecified atom stereocenters. The average Bonchev–Trinajstić information content (AvgIpc) is 2.95. The van der Waals surface area contributed by atoms with Gasteiger partial charge >= 0.3 is 0 Å². The predicted molar refractivity (Wildman–Crippen MR) is 60.2 cm³/mol. The summed E-state index contributed by atoms with van der Waals surface area (Å²) in [6, 6.07) is 0.303. The van der Waals surface area contributed by atoms with Gasteiger partial charge in [-0.05, 0) is 12.8 Å². The normalized spacial score (nSPS) is 38.3. The summed E-state index contributed by atoms with van der Waals surface area (Å²) in [5.74, 6) is 1.45. The van der Waals surface area contributed by atoms with Gasteiger partial charge in [-0.2, -0.15) is 4.98 Å². The topological polar surface area (TPSA) is 71.4 Å². The fraction of sp³-hybridized carbons (Fsp3) is 0.818. The molecule has 6 nitrogen and oxygen atoms in total. The monoisotopic (exact) mass is 235 g/mol. The van der Waals surface area contributed by atoms with E-state index in [1.165, 1.54) is 13.1 Å². The Bertz CT molecular complexity index is 433. The highest BCUT2D eigenvalue weighted by Crippen LogP contribution is 2.42. The molecule has 1 aromatic heterocycles. The van der Waals surface area contributed by atoms with Crippen LogP contribution in [0.5, 0.6) is 0 Å². The van der Waals surface area contributed by atoms with Crippen molar-refractivity contribution < 1.29 is 4.52 Å². The quantitative estimate of drug-likeness (QED) is 0.758. The largest absolute Gasteiger partial charge is 0.337 e. The first-order valence-corrected chi connectivity index (χ1v) is 6.34. The second-order valence-electron chi connectivity index (χ2n) is 5.47. The van der Waals surface area contributed by atoms with Gasteiger partial charge in [0, 0.05) is 32.7 Å². The van der Waals surface area contributed by atoms with Crippen molar-refractivity contribution in [2.75, 3.05) is 32.7 Å². The number of rotatable bonds is 2. The third-order valence-corrected chi connectivity index (χ3v) is 4.23. The van der Waals surface area contributed by atoms with Crippen LogP contribution in [0.15, 0.2) is 4.52 Å². The Labute approximate surface area is 99.7 Å². The van der Waals surface area contributed by atoms with Crippen LogP contribution in [0.4, 0.5) is 0 Å². The molecule has 3 saturated heterocycles. The van der Waals surface area contributed by atoms with E-state index in [0.717, 1.165) is 38.3 Å².